The van der Waals surface area contributed by atoms with Crippen molar-refractivity contribution in [3.63, 3.8) is 0 Å². The molecule has 210 valence electrons. The zero-order valence-corrected chi connectivity index (χ0v) is 23.6. The predicted octanol–water partition coefficient (Wildman–Crippen LogP) is 5.93. The van der Waals surface area contributed by atoms with E-state index < -0.39 is 17.7 Å². The summed E-state index contributed by atoms with van der Waals surface area (Å²) in [6.07, 6.45) is 0.597. The molecule has 0 aliphatic rings. The zero-order chi connectivity index (χ0) is 28.7. The number of rotatable bonds is 10. The predicted molar refractivity (Wildman–Crippen MR) is 154 cm³/mol. The molecule has 8 heteroatoms. The number of methoxy groups -OCH3 is 1. The fourth-order valence-corrected chi connectivity index (χ4v) is 3.47. The highest BCUT2D eigenvalue weighted by Gasteiger charge is 2.17. The van der Waals surface area contributed by atoms with Crippen LogP contribution in [0.25, 0.3) is 0 Å². The minimum atomic E-state index is -0.589. The van der Waals surface area contributed by atoms with E-state index in [4.69, 9.17) is 19.9 Å². The van der Waals surface area contributed by atoms with Crippen molar-refractivity contribution in [1.82, 2.24) is 10.2 Å². The normalized spacial score (nSPS) is 10.5. The van der Waals surface area contributed by atoms with Crippen LogP contribution in [0, 0.1) is 0 Å². The third-order valence-corrected chi connectivity index (χ3v) is 5.45. The Morgan fingerprint density at radius 3 is 2.00 bits per heavy atom. The largest absolute Gasteiger partial charge is 0.493 e. The molecule has 0 aromatic heterocycles. The second-order valence-corrected chi connectivity index (χ2v) is 9.79. The van der Waals surface area contributed by atoms with Gasteiger partial charge in [-0.25, -0.2) is 9.59 Å². The third-order valence-electron chi connectivity index (χ3n) is 5.45. The molecule has 3 aromatic rings. The smallest absolute Gasteiger partial charge is 0.407 e. The van der Waals surface area contributed by atoms with E-state index in [0.29, 0.717) is 18.1 Å². The number of amides is 3. The quantitative estimate of drug-likeness (QED) is 0.335. The Bertz CT molecular complexity index is 1150. The lowest BCUT2D eigenvalue weighted by Crippen LogP contribution is -2.42. The van der Waals surface area contributed by atoms with Gasteiger partial charge in [0.1, 0.15) is 12.2 Å². The number of alkyl carbamates (subject to hydrolysis) is 1. The maximum Gasteiger partial charge on any atom is 0.407 e. The molecule has 39 heavy (non-hydrogen) atoms. The van der Waals surface area contributed by atoms with E-state index in [9.17, 15) is 9.59 Å². The molecule has 8 nitrogen and oxygen atoms in total. The van der Waals surface area contributed by atoms with Gasteiger partial charge in [0.2, 0.25) is 0 Å². The Kier molecular flexibility index (Phi) is 12.7. The average molecular weight is 536 g/mol. The van der Waals surface area contributed by atoms with Crippen LogP contribution in [0.3, 0.4) is 0 Å². The summed E-state index contributed by atoms with van der Waals surface area (Å²) in [5, 5.41) is 2.62. The summed E-state index contributed by atoms with van der Waals surface area (Å²) in [4.78, 5) is 25.0. The first-order valence-corrected chi connectivity index (χ1v) is 13.0. The molecule has 0 bridgehead atoms. The number of hydrogen-bond acceptors (Lipinski definition) is 5. The first-order chi connectivity index (χ1) is 18.6. The summed E-state index contributed by atoms with van der Waals surface area (Å²) in [5.74, 6) is 1.16. The van der Waals surface area contributed by atoms with Crippen LogP contribution >= 0.6 is 0 Å². The molecule has 0 saturated carbocycles. The number of carbonyl (C=O) groups is 2. The molecule has 3 rings (SSSR count). The lowest BCUT2D eigenvalue weighted by Gasteiger charge is -2.23. The molecule has 0 fully saturated rings. The molecular formula is C31H41N3O5. The van der Waals surface area contributed by atoms with Gasteiger partial charge in [0.25, 0.3) is 0 Å². The fraction of sp³-hybridized carbons (Fsp3) is 0.355. The maximum atomic E-state index is 11.8. The fourth-order valence-electron chi connectivity index (χ4n) is 3.47. The van der Waals surface area contributed by atoms with Crippen molar-refractivity contribution in [2.75, 3.05) is 20.2 Å². The summed E-state index contributed by atoms with van der Waals surface area (Å²) in [5.41, 5.74) is 8.19. The van der Waals surface area contributed by atoms with Gasteiger partial charge in [-0.1, -0.05) is 73.7 Å². The topological polar surface area (TPSA) is 103 Å². The van der Waals surface area contributed by atoms with E-state index in [1.807, 2.05) is 42.5 Å². The van der Waals surface area contributed by atoms with Crippen LogP contribution in [0.4, 0.5) is 9.59 Å². The van der Waals surface area contributed by atoms with Crippen LogP contribution in [0.1, 0.15) is 44.4 Å². The average Bonchev–Trinajstić information content (AvgIpc) is 2.92. The van der Waals surface area contributed by atoms with Crippen molar-refractivity contribution >= 4 is 12.1 Å². The molecular weight excluding hydrogens is 494 g/mol. The van der Waals surface area contributed by atoms with E-state index in [2.05, 4.69) is 36.5 Å². The minimum Gasteiger partial charge on any atom is -0.493 e. The molecule has 3 amide bonds. The first-order valence-electron chi connectivity index (χ1n) is 13.0. The summed E-state index contributed by atoms with van der Waals surface area (Å²) in [6, 6.07) is 25.1. The number of carbonyl (C=O) groups excluding carboxylic acids is 2. The van der Waals surface area contributed by atoms with Crippen molar-refractivity contribution in [3.8, 4) is 11.5 Å². The molecule has 0 aliphatic carbocycles. The van der Waals surface area contributed by atoms with E-state index in [-0.39, 0.29) is 19.6 Å². The van der Waals surface area contributed by atoms with Gasteiger partial charge in [0.15, 0.2) is 11.5 Å². The maximum absolute atomic E-state index is 11.8. The van der Waals surface area contributed by atoms with E-state index in [1.165, 1.54) is 10.5 Å². The van der Waals surface area contributed by atoms with Crippen molar-refractivity contribution < 1.29 is 23.8 Å². The highest BCUT2D eigenvalue weighted by molar-refractivity contribution is 5.72. The van der Waals surface area contributed by atoms with E-state index in [1.54, 1.807) is 40.0 Å². The van der Waals surface area contributed by atoms with E-state index in [0.717, 1.165) is 17.5 Å². The van der Waals surface area contributed by atoms with Crippen LogP contribution in [-0.2, 0) is 24.3 Å². The number of primary amides is 1. The minimum absolute atomic E-state index is 0.216. The molecule has 0 spiro atoms. The van der Waals surface area contributed by atoms with Crippen molar-refractivity contribution in [1.29, 1.82) is 0 Å². The van der Waals surface area contributed by atoms with Gasteiger partial charge in [-0.15, -0.1) is 0 Å². The number of nitrogens with one attached hydrogen (secondary N) is 1. The SMILES string of the molecule is CCc1ccccc1.COc1cc(CN(CCNC(=O)OC(C)(C)C)C(N)=O)ccc1OCc1ccccc1. The number of urea groups is 1. The van der Waals surface area contributed by atoms with Crippen LogP contribution in [0.2, 0.25) is 0 Å². The summed E-state index contributed by atoms with van der Waals surface area (Å²) < 4.78 is 16.5. The standard InChI is InChI=1S/C23H31N3O5.C8H10/c1-23(2,3)31-22(28)25-12-13-26(21(24)27)15-18-10-11-19(20(14-18)29-4)30-16-17-8-6-5-7-9-17;1-2-8-6-4-3-5-7-8/h5-11,14H,12-13,15-16H2,1-4H3,(H2,24,27)(H,25,28);3-7H,2H2,1H3. The number of nitrogens with two attached hydrogens (primary N) is 1. The Labute approximate surface area is 232 Å². The molecule has 0 radical (unpaired) electrons. The number of nitrogens with zero attached hydrogens (tertiary/aromatic N) is 1. The second kappa shape index (κ2) is 15.9. The van der Waals surface area contributed by atoms with Crippen LogP contribution in [-0.4, -0.2) is 42.8 Å². The summed E-state index contributed by atoms with van der Waals surface area (Å²) in [7, 11) is 1.56. The Hall–Kier alpha value is -4.20. The van der Waals surface area contributed by atoms with Gasteiger partial charge in [-0.2, -0.15) is 0 Å². The van der Waals surface area contributed by atoms with Crippen LogP contribution in [0.15, 0.2) is 78.9 Å². The first kappa shape index (κ1) is 31.0. The van der Waals surface area contributed by atoms with Crippen molar-refractivity contribution in [2.45, 2.75) is 52.9 Å². The lowest BCUT2D eigenvalue weighted by atomic mass is 10.2. The summed E-state index contributed by atoms with van der Waals surface area (Å²) >= 11 is 0. The number of aryl methyl sites for hydroxylation is 1. The number of ether oxygens (including phenoxy) is 3. The lowest BCUT2D eigenvalue weighted by molar-refractivity contribution is 0.0523. The second-order valence-electron chi connectivity index (χ2n) is 9.79. The van der Waals surface area contributed by atoms with Gasteiger partial charge in [-0.3, -0.25) is 0 Å². The van der Waals surface area contributed by atoms with Gasteiger partial charge in [0, 0.05) is 19.6 Å². The Balaban J connectivity index is 0.000000568. The Morgan fingerprint density at radius 2 is 1.49 bits per heavy atom. The summed E-state index contributed by atoms with van der Waals surface area (Å²) in [6.45, 7) is 8.64. The van der Waals surface area contributed by atoms with Crippen LogP contribution in [0.5, 0.6) is 11.5 Å². The molecule has 0 unspecified atom stereocenters. The number of hydrogen-bond donors (Lipinski definition) is 2. The monoisotopic (exact) mass is 535 g/mol. The van der Waals surface area contributed by atoms with Gasteiger partial charge < -0.3 is 30.2 Å². The third kappa shape index (κ3) is 12.3. The number of benzene rings is 3. The molecule has 0 atom stereocenters. The van der Waals surface area contributed by atoms with Gasteiger partial charge in [-0.05, 0) is 56.0 Å². The highest BCUT2D eigenvalue weighted by Crippen LogP contribution is 2.29. The molecule has 0 saturated heterocycles. The Morgan fingerprint density at radius 1 is 0.872 bits per heavy atom. The molecule has 3 aromatic carbocycles. The molecule has 3 N–H and O–H groups in total. The van der Waals surface area contributed by atoms with Crippen LogP contribution < -0.4 is 20.5 Å². The van der Waals surface area contributed by atoms with Crippen molar-refractivity contribution in [2.24, 2.45) is 5.73 Å². The van der Waals surface area contributed by atoms with Gasteiger partial charge in [0.05, 0.1) is 7.11 Å². The molecule has 0 aliphatic heterocycles. The zero-order valence-electron chi connectivity index (χ0n) is 23.6. The van der Waals surface area contributed by atoms with Crippen molar-refractivity contribution in [3.05, 3.63) is 95.6 Å². The van der Waals surface area contributed by atoms with Gasteiger partial charge >= 0.3 is 12.1 Å². The van der Waals surface area contributed by atoms with E-state index >= 15 is 0 Å². The highest BCUT2D eigenvalue weighted by atomic mass is 16.6. The molecule has 0 heterocycles.